The van der Waals surface area contributed by atoms with Crippen molar-refractivity contribution in [1.82, 2.24) is 20.6 Å². The van der Waals surface area contributed by atoms with Crippen molar-refractivity contribution in [2.75, 3.05) is 34.4 Å². The van der Waals surface area contributed by atoms with Gasteiger partial charge in [0.2, 0.25) is 5.91 Å². The van der Waals surface area contributed by atoms with E-state index >= 15 is 0 Å². The summed E-state index contributed by atoms with van der Waals surface area (Å²) < 4.78 is 6.02. The van der Waals surface area contributed by atoms with Gasteiger partial charge < -0.3 is 30.5 Å². The second kappa shape index (κ2) is 16.3. The largest absolute Gasteiger partial charge is 0.496 e. The monoisotopic (exact) mass is 726 g/mol. The van der Waals surface area contributed by atoms with E-state index in [4.69, 9.17) is 9.57 Å². The summed E-state index contributed by atoms with van der Waals surface area (Å²) in [7, 11) is 5.61. The SMILES string of the molecule is COc1c(CN2O[C@@H](CO)[C@@H]([C@H](C)O)[C@H]2C(=O)N[C@H]2CC3CC([C@@H]2C)C3(C)C)cccc1-c1cccc(C(=O)N[C@@H](Cc2ccccc2)CN(C)C)c1. The number of carbonyl (C=O) groups excluding carboxylic acids is 2. The average Bonchev–Trinajstić information content (AvgIpc) is 3.51. The number of nitrogens with zero attached hydrogens (tertiary/aromatic N) is 2. The third-order valence-corrected chi connectivity index (χ3v) is 12.4. The maximum Gasteiger partial charge on any atom is 0.251 e. The molecule has 10 heteroatoms. The van der Waals surface area contributed by atoms with Crippen LogP contribution in [0.4, 0.5) is 0 Å². The highest BCUT2D eigenvalue weighted by molar-refractivity contribution is 5.96. The Bertz CT molecular complexity index is 1730. The predicted molar refractivity (Wildman–Crippen MR) is 206 cm³/mol. The fourth-order valence-electron chi connectivity index (χ4n) is 9.43. The summed E-state index contributed by atoms with van der Waals surface area (Å²) in [6, 6.07) is 22.6. The molecule has 1 heterocycles. The number of benzene rings is 3. The summed E-state index contributed by atoms with van der Waals surface area (Å²) in [5.41, 5.74) is 4.35. The van der Waals surface area contributed by atoms with Gasteiger partial charge in [0, 0.05) is 41.2 Å². The summed E-state index contributed by atoms with van der Waals surface area (Å²) in [5, 5.41) is 29.4. The molecule has 0 aromatic heterocycles. The molecule has 2 bridgehead atoms. The Labute approximate surface area is 314 Å². The zero-order chi connectivity index (χ0) is 38.0. The van der Waals surface area contributed by atoms with Crippen molar-refractivity contribution in [3.05, 3.63) is 89.5 Å². The third-order valence-electron chi connectivity index (χ3n) is 12.4. The standard InChI is InChI=1S/C43H58N4O6/c1-26-35-21-32(43(35,3)4)22-36(26)45-42(51)39-38(27(2)49)37(25-48)53-47(39)23-31-17-12-18-34(40(31)52-7)29-15-11-16-30(20-29)41(50)44-33(24-46(5)6)19-28-13-9-8-10-14-28/h8-18,20,26-27,32-33,35-39,48-49H,19,21-25H2,1-7H3,(H,44,50)(H,45,51)/t26-,27-,32?,33-,35?,36-,37-,38+,39-/m0/s1. The lowest BCUT2D eigenvalue weighted by molar-refractivity contribution is -0.183. The first-order valence-electron chi connectivity index (χ1n) is 19.1. The van der Waals surface area contributed by atoms with Gasteiger partial charge in [-0.15, -0.1) is 0 Å². The smallest absolute Gasteiger partial charge is 0.251 e. The molecule has 9 atom stereocenters. The lowest BCUT2D eigenvalue weighted by Crippen LogP contribution is -2.62. The molecule has 1 saturated heterocycles. The van der Waals surface area contributed by atoms with Gasteiger partial charge in [0.05, 0.1) is 26.4 Å². The van der Waals surface area contributed by atoms with E-state index in [0.29, 0.717) is 42.0 Å². The fourth-order valence-corrected chi connectivity index (χ4v) is 9.43. The van der Waals surface area contributed by atoms with Crippen LogP contribution in [-0.4, -0.2) is 96.7 Å². The summed E-state index contributed by atoms with van der Waals surface area (Å²) in [6.07, 6.45) is 1.21. The molecule has 286 valence electrons. The van der Waals surface area contributed by atoms with E-state index in [2.05, 4.69) is 48.4 Å². The number of carbonyl (C=O) groups is 2. The highest BCUT2D eigenvalue weighted by atomic mass is 16.7. The van der Waals surface area contributed by atoms with E-state index in [0.717, 1.165) is 28.7 Å². The van der Waals surface area contributed by atoms with Crippen LogP contribution < -0.4 is 15.4 Å². The number of nitrogens with one attached hydrogen (secondary N) is 2. The summed E-state index contributed by atoms with van der Waals surface area (Å²) in [6.45, 7) is 9.10. The van der Waals surface area contributed by atoms with E-state index in [1.165, 1.54) is 6.42 Å². The normalized spacial score (nSPS) is 27.5. The van der Waals surface area contributed by atoms with Crippen molar-refractivity contribution in [2.45, 2.75) is 83.8 Å². The van der Waals surface area contributed by atoms with Crippen molar-refractivity contribution < 1.29 is 29.4 Å². The lowest BCUT2D eigenvalue weighted by atomic mass is 9.45. The minimum Gasteiger partial charge on any atom is -0.496 e. The molecule has 0 radical (unpaired) electrons. The minimum atomic E-state index is -0.892. The average molecular weight is 727 g/mol. The van der Waals surface area contributed by atoms with Gasteiger partial charge in [0.1, 0.15) is 17.9 Å². The van der Waals surface area contributed by atoms with E-state index < -0.39 is 24.2 Å². The number of likely N-dealkylation sites (N-methyl/N-ethyl adjacent to an activating group) is 1. The first kappa shape index (κ1) is 38.9. The Hall–Kier alpha value is -3.80. The van der Waals surface area contributed by atoms with Crippen LogP contribution in [0.3, 0.4) is 0 Å². The van der Waals surface area contributed by atoms with E-state index in [1.807, 2.05) is 74.8 Å². The number of hydrogen-bond acceptors (Lipinski definition) is 8. The van der Waals surface area contributed by atoms with Crippen LogP contribution in [0.5, 0.6) is 5.75 Å². The summed E-state index contributed by atoms with van der Waals surface area (Å²) in [5.74, 6) is 1.08. The van der Waals surface area contributed by atoms with Crippen LogP contribution >= 0.6 is 0 Å². The zero-order valence-electron chi connectivity index (χ0n) is 32.3. The molecule has 1 aliphatic heterocycles. The van der Waals surface area contributed by atoms with Crippen LogP contribution in [0.25, 0.3) is 11.1 Å². The highest BCUT2D eigenvalue weighted by Gasteiger charge is 2.57. The number of ether oxygens (including phenoxy) is 1. The number of hydroxylamine groups is 2. The van der Waals surface area contributed by atoms with Crippen molar-refractivity contribution in [3.63, 3.8) is 0 Å². The maximum absolute atomic E-state index is 14.2. The number of aliphatic hydroxyl groups is 2. The molecular formula is C43H58N4O6. The van der Waals surface area contributed by atoms with Gasteiger partial charge in [-0.2, -0.15) is 5.06 Å². The van der Waals surface area contributed by atoms with E-state index in [9.17, 15) is 19.8 Å². The van der Waals surface area contributed by atoms with Gasteiger partial charge in [-0.05, 0) is 86.7 Å². The maximum atomic E-state index is 14.2. The fraction of sp³-hybridized carbons (Fsp3) is 0.535. The van der Waals surface area contributed by atoms with Crippen molar-refractivity contribution >= 4 is 11.8 Å². The molecule has 2 amide bonds. The molecule has 53 heavy (non-hydrogen) atoms. The van der Waals surface area contributed by atoms with Gasteiger partial charge in [0.15, 0.2) is 0 Å². The van der Waals surface area contributed by atoms with Gasteiger partial charge in [-0.1, -0.05) is 81.4 Å². The Morgan fingerprint density at radius 2 is 1.79 bits per heavy atom. The number of rotatable bonds is 14. The molecule has 4 aliphatic rings. The minimum absolute atomic E-state index is 0.0443. The predicted octanol–water partition coefficient (Wildman–Crippen LogP) is 4.93. The Balaban J connectivity index is 1.23. The third kappa shape index (κ3) is 8.17. The molecule has 2 unspecified atom stereocenters. The lowest BCUT2D eigenvalue weighted by Gasteiger charge is -2.62. The molecule has 3 aromatic carbocycles. The Kier molecular flexibility index (Phi) is 12.0. The number of hydrogen-bond donors (Lipinski definition) is 4. The molecule has 3 saturated carbocycles. The summed E-state index contributed by atoms with van der Waals surface area (Å²) in [4.78, 5) is 36.2. The first-order valence-corrected chi connectivity index (χ1v) is 19.1. The molecule has 0 spiro atoms. The molecular weight excluding hydrogens is 668 g/mol. The number of methoxy groups -OCH3 is 1. The highest BCUT2D eigenvalue weighted by Crippen LogP contribution is 2.61. The number of para-hydroxylation sites is 1. The van der Waals surface area contributed by atoms with Gasteiger partial charge in [0.25, 0.3) is 5.91 Å². The summed E-state index contributed by atoms with van der Waals surface area (Å²) >= 11 is 0. The first-order chi connectivity index (χ1) is 25.3. The second-order valence-corrected chi connectivity index (χ2v) is 16.4. The number of fused-ring (bicyclic) bond motifs is 2. The zero-order valence-corrected chi connectivity index (χ0v) is 32.3. The molecule has 4 N–H and O–H groups in total. The van der Waals surface area contributed by atoms with Crippen LogP contribution in [0.2, 0.25) is 0 Å². The Morgan fingerprint density at radius 3 is 2.43 bits per heavy atom. The van der Waals surface area contributed by atoms with Gasteiger partial charge in [-0.3, -0.25) is 14.4 Å². The van der Waals surface area contributed by atoms with E-state index in [-0.39, 0.29) is 42.5 Å². The molecule has 10 nitrogen and oxygen atoms in total. The molecule has 4 fully saturated rings. The number of amides is 2. The van der Waals surface area contributed by atoms with Crippen LogP contribution in [0.1, 0.15) is 62.0 Å². The van der Waals surface area contributed by atoms with Gasteiger partial charge >= 0.3 is 0 Å². The van der Waals surface area contributed by atoms with Crippen molar-refractivity contribution in [2.24, 2.45) is 29.1 Å². The van der Waals surface area contributed by atoms with Crippen molar-refractivity contribution in [3.8, 4) is 16.9 Å². The molecule has 3 aliphatic carbocycles. The van der Waals surface area contributed by atoms with E-state index in [1.54, 1.807) is 19.1 Å². The Morgan fingerprint density at radius 1 is 1.06 bits per heavy atom. The quantitative estimate of drug-likeness (QED) is 0.185. The topological polar surface area (TPSA) is 124 Å². The van der Waals surface area contributed by atoms with Crippen LogP contribution in [0, 0.1) is 29.1 Å². The van der Waals surface area contributed by atoms with Crippen LogP contribution in [-0.2, 0) is 22.6 Å². The molecule has 3 aromatic rings. The molecule has 7 rings (SSSR count). The van der Waals surface area contributed by atoms with Crippen LogP contribution in [0.15, 0.2) is 72.8 Å². The van der Waals surface area contributed by atoms with Crippen molar-refractivity contribution in [1.29, 1.82) is 0 Å². The van der Waals surface area contributed by atoms with Gasteiger partial charge in [-0.25, -0.2) is 0 Å². The number of aliphatic hydroxyl groups excluding tert-OH is 2. The second-order valence-electron chi connectivity index (χ2n) is 16.4.